The van der Waals surface area contributed by atoms with Crippen LogP contribution in [0.15, 0.2) is 67.1 Å². The van der Waals surface area contributed by atoms with Gasteiger partial charge in [0.25, 0.3) is 0 Å². The summed E-state index contributed by atoms with van der Waals surface area (Å²) in [5.74, 6) is 0. The minimum Gasteiger partial charge on any atom is -0.346 e. The van der Waals surface area contributed by atoms with E-state index in [2.05, 4.69) is 68.4 Å². The van der Waals surface area contributed by atoms with Gasteiger partial charge in [-0.3, -0.25) is 9.88 Å². The summed E-state index contributed by atoms with van der Waals surface area (Å²) in [5.41, 5.74) is 5.90. The van der Waals surface area contributed by atoms with Crippen LogP contribution in [0.5, 0.6) is 0 Å². The maximum atomic E-state index is 4.54. The molecule has 0 spiro atoms. The monoisotopic (exact) mass is 340 g/mol. The summed E-state index contributed by atoms with van der Waals surface area (Å²) in [5, 5.41) is 2.35. The Kier molecular flexibility index (Phi) is 3.76. The van der Waals surface area contributed by atoms with Crippen molar-refractivity contribution in [1.82, 2.24) is 19.9 Å². The highest BCUT2D eigenvalue weighted by Crippen LogP contribution is 2.31. The number of rotatable bonds is 3. The van der Waals surface area contributed by atoms with Crippen molar-refractivity contribution in [3.63, 3.8) is 0 Å². The Balaban J connectivity index is 1.53. The van der Waals surface area contributed by atoms with Crippen molar-refractivity contribution >= 4 is 27.5 Å². The maximum absolute atomic E-state index is 4.54. The molecule has 4 heteroatoms. The highest BCUT2D eigenvalue weighted by Gasteiger charge is 2.17. The van der Waals surface area contributed by atoms with Crippen molar-refractivity contribution in [2.24, 2.45) is 0 Å². The Bertz CT molecular complexity index is 1090. The van der Waals surface area contributed by atoms with Crippen LogP contribution in [0.25, 0.3) is 27.5 Å². The number of benzene rings is 1. The molecular weight excluding hydrogens is 320 g/mol. The Morgan fingerprint density at radius 2 is 1.96 bits per heavy atom. The lowest BCUT2D eigenvalue weighted by Gasteiger charge is -2.28. The van der Waals surface area contributed by atoms with Crippen molar-refractivity contribution in [3.8, 4) is 0 Å². The Morgan fingerprint density at radius 1 is 1.04 bits per heavy atom. The summed E-state index contributed by atoms with van der Waals surface area (Å²) < 4.78 is 0. The van der Waals surface area contributed by atoms with Gasteiger partial charge in [-0.15, -0.1) is 0 Å². The number of H-pyrrole nitrogens is 1. The van der Waals surface area contributed by atoms with Crippen LogP contribution < -0.4 is 0 Å². The summed E-state index contributed by atoms with van der Waals surface area (Å²) in [6.07, 6.45) is 9.17. The van der Waals surface area contributed by atoms with Crippen LogP contribution in [0, 0.1) is 0 Å². The number of nitrogens with one attached hydrogen (secondary N) is 1. The third-order valence-corrected chi connectivity index (χ3v) is 5.12. The van der Waals surface area contributed by atoms with E-state index in [1.807, 2.05) is 18.6 Å². The summed E-state index contributed by atoms with van der Waals surface area (Å²) in [4.78, 5) is 14.7. The van der Waals surface area contributed by atoms with Gasteiger partial charge in [0.15, 0.2) is 0 Å². The van der Waals surface area contributed by atoms with Crippen LogP contribution >= 0.6 is 0 Å². The summed E-state index contributed by atoms with van der Waals surface area (Å²) in [6.45, 7) is 3.05. The van der Waals surface area contributed by atoms with Crippen LogP contribution in [0.3, 0.4) is 0 Å². The second-order valence-corrected chi connectivity index (χ2v) is 6.83. The molecule has 0 saturated carbocycles. The number of aromatic amines is 1. The van der Waals surface area contributed by atoms with Crippen molar-refractivity contribution in [3.05, 3.63) is 78.3 Å². The summed E-state index contributed by atoms with van der Waals surface area (Å²) in [6, 6.07) is 15.0. The quantitative estimate of drug-likeness (QED) is 0.601. The number of aromatic nitrogens is 3. The van der Waals surface area contributed by atoms with Gasteiger partial charge in [0.05, 0.1) is 11.7 Å². The van der Waals surface area contributed by atoms with Gasteiger partial charge in [-0.1, -0.05) is 36.4 Å². The Labute approximate surface area is 152 Å². The van der Waals surface area contributed by atoms with Gasteiger partial charge in [-0.2, -0.15) is 0 Å². The van der Waals surface area contributed by atoms with Crippen LogP contribution in [0.2, 0.25) is 0 Å². The molecule has 0 radical (unpaired) electrons. The molecule has 0 fully saturated rings. The number of hydrogen-bond donors (Lipinski definition) is 1. The van der Waals surface area contributed by atoms with E-state index in [4.69, 9.17) is 0 Å². The van der Waals surface area contributed by atoms with Crippen molar-refractivity contribution < 1.29 is 0 Å². The number of nitrogens with zero attached hydrogens (tertiary/aromatic N) is 3. The van der Waals surface area contributed by atoms with E-state index in [9.17, 15) is 0 Å². The molecule has 0 aliphatic carbocycles. The zero-order valence-electron chi connectivity index (χ0n) is 14.5. The van der Waals surface area contributed by atoms with Crippen LogP contribution in [0.1, 0.15) is 17.5 Å². The van der Waals surface area contributed by atoms with Gasteiger partial charge in [0.1, 0.15) is 5.65 Å². The fourth-order valence-electron chi connectivity index (χ4n) is 3.90. The maximum Gasteiger partial charge on any atom is 0.138 e. The van der Waals surface area contributed by atoms with E-state index in [0.29, 0.717) is 0 Å². The predicted molar refractivity (Wildman–Crippen MR) is 106 cm³/mol. The predicted octanol–water partition coefficient (Wildman–Crippen LogP) is 4.40. The molecule has 3 aromatic heterocycles. The highest BCUT2D eigenvalue weighted by molar-refractivity contribution is 6.08. The molecule has 4 aromatic rings. The SMILES string of the molecule is C1=C(c2ccnc3cnc4[nH]ccc4c23)CN(Cc2ccccc2)CC1. The largest absolute Gasteiger partial charge is 0.346 e. The molecule has 0 atom stereocenters. The molecule has 1 aromatic carbocycles. The Morgan fingerprint density at radius 3 is 2.88 bits per heavy atom. The summed E-state index contributed by atoms with van der Waals surface area (Å²) in [7, 11) is 0. The van der Waals surface area contributed by atoms with Gasteiger partial charge in [0.2, 0.25) is 0 Å². The molecule has 0 saturated heterocycles. The lowest BCUT2D eigenvalue weighted by atomic mass is 9.96. The average molecular weight is 340 g/mol. The molecule has 0 amide bonds. The van der Waals surface area contributed by atoms with Crippen LogP contribution in [0.4, 0.5) is 0 Å². The molecule has 4 heterocycles. The third kappa shape index (κ3) is 2.68. The van der Waals surface area contributed by atoms with Crippen LogP contribution in [-0.4, -0.2) is 32.9 Å². The van der Waals surface area contributed by atoms with E-state index in [1.54, 1.807) is 0 Å². The number of hydrogen-bond acceptors (Lipinski definition) is 3. The zero-order chi connectivity index (χ0) is 17.3. The second-order valence-electron chi connectivity index (χ2n) is 6.83. The molecule has 0 unspecified atom stereocenters. The van der Waals surface area contributed by atoms with E-state index in [1.165, 1.54) is 22.1 Å². The molecule has 26 heavy (non-hydrogen) atoms. The van der Waals surface area contributed by atoms with Crippen molar-refractivity contribution in [2.75, 3.05) is 13.1 Å². The molecular formula is C22H20N4. The van der Waals surface area contributed by atoms with Crippen LogP contribution in [-0.2, 0) is 6.54 Å². The van der Waals surface area contributed by atoms with Gasteiger partial charge in [-0.05, 0) is 35.3 Å². The summed E-state index contributed by atoms with van der Waals surface area (Å²) >= 11 is 0. The van der Waals surface area contributed by atoms with Crippen molar-refractivity contribution in [1.29, 1.82) is 0 Å². The third-order valence-electron chi connectivity index (χ3n) is 5.12. The van der Waals surface area contributed by atoms with E-state index in [-0.39, 0.29) is 0 Å². The van der Waals surface area contributed by atoms with E-state index in [0.717, 1.165) is 42.6 Å². The highest BCUT2D eigenvalue weighted by atomic mass is 15.1. The van der Waals surface area contributed by atoms with Gasteiger partial charge in [0, 0.05) is 42.8 Å². The minimum atomic E-state index is 0.921. The minimum absolute atomic E-state index is 0.921. The lowest BCUT2D eigenvalue weighted by Crippen LogP contribution is -2.29. The van der Waals surface area contributed by atoms with E-state index < -0.39 is 0 Å². The second kappa shape index (κ2) is 6.39. The lowest BCUT2D eigenvalue weighted by molar-refractivity contribution is 0.296. The first-order chi connectivity index (χ1) is 12.9. The van der Waals surface area contributed by atoms with E-state index >= 15 is 0 Å². The van der Waals surface area contributed by atoms with Gasteiger partial charge in [-0.25, -0.2) is 4.98 Å². The standard InChI is InChI=1S/C22H20N4/c1-2-5-16(6-3-1)14-26-12-4-7-17(15-26)18-8-10-23-20-13-25-22-19(21(18)20)9-11-24-22/h1-3,5-11,13H,4,12,14-15H2,(H,24,25). The molecule has 0 bridgehead atoms. The molecule has 4 nitrogen and oxygen atoms in total. The molecule has 1 N–H and O–H groups in total. The molecule has 5 rings (SSSR count). The normalized spacial score (nSPS) is 15.5. The fourth-order valence-corrected chi connectivity index (χ4v) is 3.90. The first kappa shape index (κ1) is 15.3. The topological polar surface area (TPSA) is 44.8 Å². The number of pyridine rings is 2. The smallest absolute Gasteiger partial charge is 0.138 e. The number of fused-ring (bicyclic) bond motifs is 3. The first-order valence-electron chi connectivity index (χ1n) is 9.05. The zero-order valence-corrected chi connectivity index (χ0v) is 14.5. The fraction of sp³-hybridized carbons (Fsp3) is 0.182. The molecule has 1 aliphatic heterocycles. The van der Waals surface area contributed by atoms with Gasteiger partial charge >= 0.3 is 0 Å². The first-order valence-corrected chi connectivity index (χ1v) is 9.05. The molecule has 1 aliphatic rings. The molecule has 128 valence electrons. The van der Waals surface area contributed by atoms with Gasteiger partial charge < -0.3 is 4.98 Å². The van der Waals surface area contributed by atoms with Crippen molar-refractivity contribution in [2.45, 2.75) is 13.0 Å². The average Bonchev–Trinajstić information content (AvgIpc) is 3.18. The Hall–Kier alpha value is -2.98.